The van der Waals surface area contributed by atoms with Gasteiger partial charge in [-0.25, -0.2) is 15.0 Å². The smallest absolute Gasteiger partial charge is 0.181 e. The number of imidazole rings is 1. The summed E-state index contributed by atoms with van der Waals surface area (Å²) in [6.07, 6.45) is 5.56. The van der Waals surface area contributed by atoms with E-state index in [2.05, 4.69) is 36.2 Å². The Hall–Kier alpha value is -4.04. The Morgan fingerprint density at radius 2 is 2.03 bits per heavy atom. The van der Waals surface area contributed by atoms with Gasteiger partial charge in [0.2, 0.25) is 0 Å². The maximum absolute atomic E-state index is 5.31. The molecule has 0 unspecified atom stereocenters. The Kier molecular flexibility index (Phi) is 3.65. The quantitative estimate of drug-likeness (QED) is 0.415. The fourth-order valence-corrected chi connectivity index (χ4v) is 3.90. The van der Waals surface area contributed by atoms with Gasteiger partial charge in [0.05, 0.1) is 23.0 Å². The van der Waals surface area contributed by atoms with Crippen LogP contribution in [-0.2, 0) is 11.3 Å². The molecule has 0 bridgehead atoms. The number of aromatic amines is 3. The number of para-hydroxylation sites is 1. The molecule has 0 spiro atoms. The molecule has 0 saturated heterocycles. The molecule has 0 amide bonds. The van der Waals surface area contributed by atoms with Crippen molar-refractivity contribution >= 4 is 33.1 Å². The summed E-state index contributed by atoms with van der Waals surface area (Å²) in [6, 6.07) is 12.1. The summed E-state index contributed by atoms with van der Waals surface area (Å²) in [6.45, 7) is 0.506. The lowest BCUT2D eigenvalue weighted by atomic mass is 10.1. The lowest BCUT2D eigenvalue weighted by molar-refractivity contribution is 0.186. The second-order valence-corrected chi connectivity index (χ2v) is 7.13. The summed E-state index contributed by atoms with van der Waals surface area (Å²) in [5, 5.41) is 9.42. The Labute approximate surface area is 170 Å². The summed E-state index contributed by atoms with van der Waals surface area (Å²) in [4.78, 5) is 20.3. The number of hydrogen-bond donors (Lipinski definition) is 3. The zero-order valence-electron chi connectivity index (χ0n) is 16.1. The summed E-state index contributed by atoms with van der Waals surface area (Å²) in [5.41, 5.74) is 7.21. The van der Waals surface area contributed by atoms with E-state index in [1.54, 1.807) is 13.3 Å². The lowest BCUT2D eigenvalue weighted by Gasteiger charge is -2.00. The van der Waals surface area contributed by atoms with E-state index >= 15 is 0 Å². The second-order valence-electron chi connectivity index (χ2n) is 7.13. The number of hydrogen-bond acceptors (Lipinski definition) is 5. The van der Waals surface area contributed by atoms with Gasteiger partial charge in [0.25, 0.3) is 0 Å². The van der Waals surface area contributed by atoms with Gasteiger partial charge in [-0.05, 0) is 24.3 Å². The van der Waals surface area contributed by atoms with Crippen molar-refractivity contribution in [2.24, 2.45) is 0 Å². The van der Waals surface area contributed by atoms with Crippen molar-refractivity contribution in [3.8, 4) is 22.6 Å². The molecule has 30 heavy (non-hydrogen) atoms. The van der Waals surface area contributed by atoms with Crippen LogP contribution in [0.15, 0.2) is 55.0 Å². The largest absolute Gasteiger partial charge is 0.380 e. The van der Waals surface area contributed by atoms with E-state index in [9.17, 15) is 0 Å². The monoisotopic (exact) mass is 395 g/mol. The highest BCUT2D eigenvalue weighted by Crippen LogP contribution is 2.32. The maximum atomic E-state index is 5.31. The molecular weight excluding hydrogens is 378 g/mol. The van der Waals surface area contributed by atoms with Gasteiger partial charge in [-0.1, -0.05) is 12.1 Å². The zero-order chi connectivity index (χ0) is 20.1. The van der Waals surface area contributed by atoms with Gasteiger partial charge in [-0.2, -0.15) is 5.10 Å². The number of pyridine rings is 2. The van der Waals surface area contributed by atoms with E-state index in [0.717, 1.165) is 55.7 Å². The van der Waals surface area contributed by atoms with Gasteiger partial charge in [0, 0.05) is 47.8 Å². The number of nitrogens with one attached hydrogen (secondary N) is 3. The molecule has 6 aromatic rings. The predicted molar refractivity (Wildman–Crippen MR) is 115 cm³/mol. The van der Waals surface area contributed by atoms with E-state index in [-0.39, 0.29) is 0 Å². The minimum Gasteiger partial charge on any atom is -0.380 e. The number of nitrogens with zero attached hydrogens (tertiary/aromatic N) is 4. The first kappa shape index (κ1) is 16.9. The topological polar surface area (TPSA) is 108 Å². The van der Waals surface area contributed by atoms with Gasteiger partial charge >= 0.3 is 0 Å². The molecule has 0 radical (unpaired) electrons. The third kappa shape index (κ3) is 2.51. The number of ether oxygens (including phenoxy) is 1. The molecule has 6 rings (SSSR count). The van der Waals surface area contributed by atoms with Gasteiger partial charge in [0.15, 0.2) is 11.5 Å². The van der Waals surface area contributed by atoms with Crippen molar-refractivity contribution < 1.29 is 4.74 Å². The van der Waals surface area contributed by atoms with Gasteiger partial charge in [-0.15, -0.1) is 0 Å². The standard InChI is InChI=1S/C22H17N7O/c1-30-11-12-4-2-6-17-18(12)27-22(26-17)19-15-8-13(9-24-21(15)29-28-19)16-10-25-20-14(16)5-3-7-23-20/h2-10H,11H2,1H3,(H,23,25)(H,26,27)(H,24,28,29). The van der Waals surface area contributed by atoms with Crippen LogP contribution >= 0.6 is 0 Å². The van der Waals surface area contributed by atoms with E-state index < -0.39 is 0 Å². The lowest BCUT2D eigenvalue weighted by Crippen LogP contribution is -1.88. The molecule has 1 aromatic carbocycles. The van der Waals surface area contributed by atoms with E-state index in [1.807, 2.05) is 42.7 Å². The SMILES string of the molecule is COCc1cccc2[nH]c(-c3[nH]nc4ncc(-c5c[nH]c6ncccc56)cc34)nc12. The van der Waals surface area contributed by atoms with Crippen LogP contribution in [0.1, 0.15) is 5.56 Å². The minimum absolute atomic E-state index is 0.506. The number of aromatic nitrogens is 7. The first-order valence-corrected chi connectivity index (χ1v) is 9.55. The number of methoxy groups -OCH3 is 1. The number of benzene rings is 1. The molecular formula is C22H17N7O. The average Bonchev–Trinajstić information content (AvgIpc) is 3.49. The predicted octanol–water partition coefficient (Wildman–Crippen LogP) is 4.19. The Morgan fingerprint density at radius 1 is 1.07 bits per heavy atom. The molecule has 3 N–H and O–H groups in total. The van der Waals surface area contributed by atoms with Crippen LogP contribution in [0.5, 0.6) is 0 Å². The fraction of sp³-hybridized carbons (Fsp3) is 0.0909. The first-order chi connectivity index (χ1) is 14.8. The molecule has 146 valence electrons. The van der Waals surface area contributed by atoms with Crippen LogP contribution in [0.4, 0.5) is 0 Å². The molecule has 0 aliphatic heterocycles. The number of H-pyrrole nitrogens is 3. The molecule has 0 atom stereocenters. The first-order valence-electron chi connectivity index (χ1n) is 9.55. The summed E-state index contributed by atoms with van der Waals surface area (Å²) >= 11 is 0. The van der Waals surface area contributed by atoms with Gasteiger partial charge in [-0.3, -0.25) is 5.10 Å². The highest BCUT2D eigenvalue weighted by molar-refractivity contribution is 5.98. The van der Waals surface area contributed by atoms with Gasteiger partial charge < -0.3 is 14.7 Å². The molecule has 8 nitrogen and oxygen atoms in total. The highest BCUT2D eigenvalue weighted by Gasteiger charge is 2.16. The molecule has 8 heteroatoms. The van der Waals surface area contributed by atoms with Crippen LogP contribution in [-0.4, -0.2) is 42.2 Å². The van der Waals surface area contributed by atoms with Crippen LogP contribution < -0.4 is 0 Å². The normalized spacial score (nSPS) is 11.8. The summed E-state index contributed by atoms with van der Waals surface area (Å²) in [5.74, 6) is 0.718. The molecule has 5 heterocycles. The van der Waals surface area contributed by atoms with Crippen LogP contribution in [0.25, 0.3) is 55.7 Å². The van der Waals surface area contributed by atoms with Crippen molar-refractivity contribution in [3.05, 3.63) is 60.6 Å². The maximum Gasteiger partial charge on any atom is 0.181 e. The molecule has 0 aliphatic carbocycles. The Morgan fingerprint density at radius 3 is 2.97 bits per heavy atom. The van der Waals surface area contributed by atoms with Gasteiger partial charge in [0.1, 0.15) is 11.3 Å². The van der Waals surface area contributed by atoms with Crippen LogP contribution in [0, 0.1) is 0 Å². The van der Waals surface area contributed by atoms with E-state index in [0.29, 0.717) is 12.3 Å². The summed E-state index contributed by atoms with van der Waals surface area (Å²) in [7, 11) is 1.68. The third-order valence-electron chi connectivity index (χ3n) is 5.30. The third-order valence-corrected chi connectivity index (χ3v) is 5.30. The second kappa shape index (κ2) is 6.50. The molecule has 0 aliphatic rings. The van der Waals surface area contributed by atoms with E-state index in [1.165, 1.54) is 0 Å². The number of fused-ring (bicyclic) bond motifs is 3. The zero-order valence-corrected chi connectivity index (χ0v) is 16.1. The van der Waals surface area contributed by atoms with Crippen molar-refractivity contribution in [2.75, 3.05) is 7.11 Å². The molecule has 5 aromatic heterocycles. The average molecular weight is 395 g/mol. The van der Waals surface area contributed by atoms with Crippen molar-refractivity contribution in [3.63, 3.8) is 0 Å². The highest BCUT2D eigenvalue weighted by atomic mass is 16.5. The van der Waals surface area contributed by atoms with Crippen LogP contribution in [0.3, 0.4) is 0 Å². The van der Waals surface area contributed by atoms with Crippen LogP contribution in [0.2, 0.25) is 0 Å². The Balaban J connectivity index is 1.52. The molecule has 0 saturated carbocycles. The van der Waals surface area contributed by atoms with Crippen molar-refractivity contribution in [1.29, 1.82) is 0 Å². The number of rotatable bonds is 4. The molecule has 0 fully saturated rings. The van der Waals surface area contributed by atoms with Crippen molar-refractivity contribution in [2.45, 2.75) is 6.61 Å². The Bertz CT molecular complexity index is 1520. The van der Waals surface area contributed by atoms with E-state index in [4.69, 9.17) is 9.72 Å². The van der Waals surface area contributed by atoms with Crippen molar-refractivity contribution in [1.82, 2.24) is 35.1 Å². The minimum atomic E-state index is 0.506. The fourth-order valence-electron chi connectivity index (χ4n) is 3.90. The summed E-state index contributed by atoms with van der Waals surface area (Å²) < 4.78 is 5.31.